The van der Waals surface area contributed by atoms with Crippen LogP contribution in [-0.4, -0.2) is 24.0 Å². The van der Waals surface area contributed by atoms with Crippen LogP contribution in [0.1, 0.15) is 31.7 Å². The molecule has 0 spiro atoms. The van der Waals surface area contributed by atoms with Crippen molar-refractivity contribution >= 4 is 23.2 Å². The number of nitrogens with two attached hydrogens (primary N) is 1. The first-order chi connectivity index (χ1) is 9.17. The van der Waals surface area contributed by atoms with Crippen LogP contribution in [0.3, 0.4) is 0 Å². The zero-order valence-electron chi connectivity index (χ0n) is 11.4. The van der Waals surface area contributed by atoms with E-state index in [1.54, 1.807) is 0 Å². The summed E-state index contributed by atoms with van der Waals surface area (Å²) in [7, 11) is 0. The predicted octanol–water partition coefficient (Wildman–Crippen LogP) is 3.94. The molecule has 2 unspecified atom stereocenters. The molecule has 1 aliphatic rings. The second kappa shape index (κ2) is 6.94. The third-order valence-corrected chi connectivity index (χ3v) is 4.93. The average molecular weight is 301 g/mol. The largest absolute Gasteiger partial charge is 0.330 e. The molecule has 0 amide bonds. The highest BCUT2D eigenvalue weighted by Gasteiger charge is 2.30. The Morgan fingerprint density at radius 2 is 1.95 bits per heavy atom. The zero-order valence-corrected chi connectivity index (χ0v) is 12.9. The molecule has 1 aromatic carbocycles. The average Bonchev–Trinajstić information content (AvgIpc) is 2.87. The molecule has 2 N–H and O–H groups in total. The van der Waals surface area contributed by atoms with Crippen LogP contribution in [0.4, 0.5) is 0 Å². The Labute approximate surface area is 125 Å². The van der Waals surface area contributed by atoms with E-state index in [9.17, 15) is 0 Å². The van der Waals surface area contributed by atoms with Crippen molar-refractivity contribution in [3.05, 3.63) is 33.8 Å². The second-order valence-corrected chi connectivity index (χ2v) is 6.07. The number of rotatable bonds is 5. The first kappa shape index (κ1) is 15.1. The van der Waals surface area contributed by atoms with Crippen LogP contribution in [0.25, 0.3) is 0 Å². The summed E-state index contributed by atoms with van der Waals surface area (Å²) in [6.45, 7) is 4.78. The molecule has 1 saturated carbocycles. The van der Waals surface area contributed by atoms with E-state index in [1.165, 1.54) is 19.3 Å². The molecule has 0 bridgehead atoms. The van der Waals surface area contributed by atoms with Crippen molar-refractivity contribution in [3.63, 3.8) is 0 Å². The Morgan fingerprint density at radius 1 is 1.26 bits per heavy atom. The Bertz CT molecular complexity index is 402. The lowest BCUT2D eigenvalue weighted by molar-refractivity contribution is 0.162. The quantitative estimate of drug-likeness (QED) is 0.892. The molecule has 1 aromatic rings. The number of halogens is 2. The molecule has 2 rings (SSSR count). The summed E-state index contributed by atoms with van der Waals surface area (Å²) in [4.78, 5) is 2.47. The molecule has 19 heavy (non-hydrogen) atoms. The summed E-state index contributed by atoms with van der Waals surface area (Å²) >= 11 is 12.5. The van der Waals surface area contributed by atoms with E-state index in [0.29, 0.717) is 12.0 Å². The molecular weight excluding hydrogens is 279 g/mol. The summed E-state index contributed by atoms with van der Waals surface area (Å²) in [6.07, 6.45) is 3.75. The van der Waals surface area contributed by atoms with E-state index < -0.39 is 0 Å². The molecule has 0 aromatic heterocycles. The van der Waals surface area contributed by atoms with Gasteiger partial charge < -0.3 is 5.73 Å². The number of nitrogens with zero attached hydrogens (tertiary/aromatic N) is 1. The van der Waals surface area contributed by atoms with Crippen molar-refractivity contribution in [3.8, 4) is 0 Å². The molecular formula is C15H22Cl2N2. The van der Waals surface area contributed by atoms with Gasteiger partial charge in [0.1, 0.15) is 0 Å². The molecule has 2 nitrogen and oxygen atoms in total. The Hall–Kier alpha value is -0.280. The van der Waals surface area contributed by atoms with Crippen LogP contribution in [0.5, 0.6) is 0 Å². The van der Waals surface area contributed by atoms with Crippen molar-refractivity contribution in [2.45, 2.75) is 38.8 Å². The fourth-order valence-corrected chi connectivity index (χ4v) is 3.64. The van der Waals surface area contributed by atoms with Gasteiger partial charge in [-0.05, 0) is 44.0 Å². The molecule has 106 valence electrons. The highest BCUT2D eigenvalue weighted by atomic mass is 35.5. The van der Waals surface area contributed by atoms with Crippen molar-refractivity contribution in [1.82, 2.24) is 4.90 Å². The van der Waals surface area contributed by atoms with Crippen molar-refractivity contribution < 1.29 is 0 Å². The maximum absolute atomic E-state index is 6.27. The van der Waals surface area contributed by atoms with Crippen LogP contribution in [0.2, 0.25) is 10.0 Å². The lowest BCUT2D eigenvalue weighted by atomic mass is 10.0. The SMILES string of the molecule is CCN(Cc1c(Cl)cccc1Cl)C1CCCC1CN. The number of hydrogen-bond donors (Lipinski definition) is 1. The molecule has 0 aliphatic heterocycles. The van der Waals surface area contributed by atoms with E-state index in [4.69, 9.17) is 28.9 Å². The third-order valence-electron chi connectivity index (χ3n) is 4.22. The van der Waals surface area contributed by atoms with Crippen LogP contribution in [-0.2, 0) is 6.54 Å². The van der Waals surface area contributed by atoms with Crippen LogP contribution in [0.15, 0.2) is 18.2 Å². The third kappa shape index (κ3) is 3.43. The maximum Gasteiger partial charge on any atom is 0.0465 e. The summed E-state index contributed by atoms with van der Waals surface area (Å²) in [5, 5.41) is 1.52. The van der Waals surface area contributed by atoms with Gasteiger partial charge in [-0.3, -0.25) is 4.90 Å². The van der Waals surface area contributed by atoms with Gasteiger partial charge in [0.05, 0.1) is 0 Å². The van der Waals surface area contributed by atoms with E-state index in [1.807, 2.05) is 18.2 Å². The summed E-state index contributed by atoms with van der Waals surface area (Å²) in [5.41, 5.74) is 6.93. The van der Waals surface area contributed by atoms with Crippen LogP contribution >= 0.6 is 23.2 Å². The van der Waals surface area contributed by atoms with Crippen molar-refractivity contribution in [1.29, 1.82) is 0 Å². The predicted molar refractivity (Wildman–Crippen MR) is 82.7 cm³/mol. The second-order valence-electron chi connectivity index (χ2n) is 5.26. The minimum atomic E-state index is 0.572. The first-order valence-corrected chi connectivity index (χ1v) is 7.80. The smallest absolute Gasteiger partial charge is 0.0465 e. The fourth-order valence-electron chi connectivity index (χ4n) is 3.12. The monoisotopic (exact) mass is 300 g/mol. The molecule has 2 atom stereocenters. The van der Waals surface area contributed by atoms with E-state index in [0.717, 1.165) is 35.2 Å². The maximum atomic E-state index is 6.27. The van der Waals surface area contributed by atoms with Gasteiger partial charge in [0.2, 0.25) is 0 Å². The Balaban J connectivity index is 2.15. The highest BCUT2D eigenvalue weighted by Crippen LogP contribution is 2.32. The van der Waals surface area contributed by atoms with Gasteiger partial charge in [-0.25, -0.2) is 0 Å². The normalized spacial score (nSPS) is 23.2. The Morgan fingerprint density at radius 3 is 2.53 bits per heavy atom. The van der Waals surface area contributed by atoms with Gasteiger partial charge in [0, 0.05) is 28.2 Å². The van der Waals surface area contributed by atoms with Crippen molar-refractivity contribution in [2.75, 3.05) is 13.1 Å². The number of hydrogen-bond acceptors (Lipinski definition) is 2. The van der Waals surface area contributed by atoms with Crippen LogP contribution < -0.4 is 5.73 Å². The van der Waals surface area contributed by atoms with Gasteiger partial charge in [0.25, 0.3) is 0 Å². The van der Waals surface area contributed by atoms with Crippen LogP contribution in [0, 0.1) is 5.92 Å². The van der Waals surface area contributed by atoms with E-state index >= 15 is 0 Å². The molecule has 0 heterocycles. The fraction of sp³-hybridized carbons (Fsp3) is 0.600. The number of benzene rings is 1. The molecule has 4 heteroatoms. The molecule has 0 radical (unpaired) electrons. The minimum absolute atomic E-state index is 0.572. The summed E-state index contributed by atoms with van der Waals surface area (Å²) in [5.74, 6) is 0.612. The molecule has 1 aliphatic carbocycles. The standard InChI is InChI=1S/C15H22Cl2N2/c1-2-19(15-8-3-5-11(15)9-18)10-12-13(16)6-4-7-14(12)17/h4,6-7,11,15H,2-3,5,8-10,18H2,1H3. The van der Waals surface area contributed by atoms with Crippen molar-refractivity contribution in [2.24, 2.45) is 11.7 Å². The molecule has 1 fully saturated rings. The topological polar surface area (TPSA) is 29.3 Å². The lowest BCUT2D eigenvalue weighted by Crippen LogP contribution is -2.39. The zero-order chi connectivity index (χ0) is 13.8. The Kier molecular flexibility index (Phi) is 5.52. The van der Waals surface area contributed by atoms with E-state index in [2.05, 4.69) is 11.8 Å². The van der Waals surface area contributed by atoms with Gasteiger partial charge in [-0.15, -0.1) is 0 Å². The highest BCUT2D eigenvalue weighted by molar-refractivity contribution is 6.35. The summed E-state index contributed by atoms with van der Waals surface area (Å²) in [6, 6.07) is 6.28. The van der Waals surface area contributed by atoms with Gasteiger partial charge in [-0.2, -0.15) is 0 Å². The lowest BCUT2D eigenvalue weighted by Gasteiger charge is -2.32. The first-order valence-electron chi connectivity index (χ1n) is 7.04. The summed E-state index contributed by atoms with van der Waals surface area (Å²) < 4.78 is 0. The van der Waals surface area contributed by atoms with Gasteiger partial charge in [0.15, 0.2) is 0 Å². The van der Waals surface area contributed by atoms with E-state index in [-0.39, 0.29) is 0 Å². The van der Waals surface area contributed by atoms with Gasteiger partial charge in [-0.1, -0.05) is 42.6 Å². The molecule has 0 saturated heterocycles. The van der Waals surface area contributed by atoms with Gasteiger partial charge >= 0.3 is 0 Å². The minimum Gasteiger partial charge on any atom is -0.330 e.